The Labute approximate surface area is 184 Å². The van der Waals surface area contributed by atoms with E-state index in [0.717, 1.165) is 33.8 Å². The number of sulfone groups is 1. The van der Waals surface area contributed by atoms with Gasteiger partial charge in [0.1, 0.15) is 5.82 Å². The van der Waals surface area contributed by atoms with Crippen LogP contribution in [0.2, 0.25) is 0 Å². The highest BCUT2D eigenvalue weighted by Crippen LogP contribution is 2.32. The molecule has 0 N–H and O–H groups in total. The van der Waals surface area contributed by atoms with Crippen LogP contribution in [0, 0.1) is 6.92 Å². The summed E-state index contributed by atoms with van der Waals surface area (Å²) in [7, 11) is -3.25. The summed E-state index contributed by atoms with van der Waals surface area (Å²) in [5, 5.41) is 0. The van der Waals surface area contributed by atoms with Crippen molar-refractivity contribution in [3.63, 3.8) is 0 Å². The predicted octanol–water partition coefficient (Wildman–Crippen LogP) is 6.04. The topological polar surface area (TPSA) is 52.0 Å². The molecule has 0 radical (unpaired) electrons. The van der Waals surface area contributed by atoms with Gasteiger partial charge in [0.2, 0.25) is 0 Å². The smallest absolute Gasteiger partial charge is 0.175 e. The highest BCUT2D eigenvalue weighted by atomic mass is 32.2. The molecule has 0 saturated carbocycles. The van der Waals surface area contributed by atoms with Gasteiger partial charge in [0.25, 0.3) is 0 Å². The molecule has 0 unspecified atom stereocenters. The summed E-state index contributed by atoms with van der Waals surface area (Å²) in [6, 6.07) is 21.7. The molecule has 0 bridgehead atoms. The fraction of sp³-hybridized carbons (Fsp3) is 0.192. The Morgan fingerprint density at radius 1 is 0.903 bits per heavy atom. The molecule has 1 heterocycles. The van der Waals surface area contributed by atoms with Crippen LogP contribution < -0.4 is 0 Å². The second-order valence-electron chi connectivity index (χ2n) is 8.16. The van der Waals surface area contributed by atoms with E-state index in [2.05, 4.69) is 60.7 Å². The Morgan fingerprint density at radius 3 is 2.35 bits per heavy atom. The first kappa shape index (κ1) is 21.1. The molecule has 0 aliphatic heterocycles. The van der Waals surface area contributed by atoms with E-state index in [-0.39, 0.29) is 0 Å². The van der Waals surface area contributed by atoms with Crippen molar-refractivity contribution in [3.05, 3.63) is 90.3 Å². The Balaban J connectivity index is 1.78. The van der Waals surface area contributed by atoms with Crippen LogP contribution in [0.1, 0.15) is 30.9 Å². The van der Waals surface area contributed by atoms with Gasteiger partial charge in [0.05, 0.1) is 10.6 Å². The minimum atomic E-state index is -3.25. The molecular formula is C26H26N2O2S. The molecule has 1 aromatic heterocycles. The molecule has 0 spiro atoms. The van der Waals surface area contributed by atoms with Crippen molar-refractivity contribution in [2.24, 2.45) is 0 Å². The largest absolute Gasteiger partial charge is 0.300 e. The van der Waals surface area contributed by atoms with E-state index in [1.54, 1.807) is 18.2 Å². The summed E-state index contributed by atoms with van der Waals surface area (Å²) in [5.74, 6) is 1.31. The molecule has 0 atom stereocenters. The van der Waals surface area contributed by atoms with E-state index >= 15 is 0 Å². The number of aromatic nitrogens is 2. The SMILES string of the molecule is Cc1cc(-c2cccc(S(C)(=O)=O)c2)ccc1-n1ccnc1-c1ccccc1C(C)C. The summed E-state index contributed by atoms with van der Waals surface area (Å²) >= 11 is 0. The molecule has 4 nitrogen and oxygen atoms in total. The fourth-order valence-electron chi connectivity index (χ4n) is 3.91. The van der Waals surface area contributed by atoms with Gasteiger partial charge < -0.3 is 0 Å². The summed E-state index contributed by atoms with van der Waals surface area (Å²) in [6.45, 7) is 6.45. The van der Waals surface area contributed by atoms with Crippen LogP contribution in [0.25, 0.3) is 28.2 Å². The van der Waals surface area contributed by atoms with E-state index in [1.165, 1.54) is 11.8 Å². The van der Waals surface area contributed by atoms with Gasteiger partial charge in [-0.1, -0.05) is 56.3 Å². The van der Waals surface area contributed by atoms with E-state index < -0.39 is 9.84 Å². The Bertz CT molecular complexity index is 1350. The summed E-state index contributed by atoms with van der Waals surface area (Å²) in [6.07, 6.45) is 5.05. The summed E-state index contributed by atoms with van der Waals surface area (Å²) < 4.78 is 26.0. The van der Waals surface area contributed by atoms with Crippen molar-refractivity contribution in [2.75, 3.05) is 6.26 Å². The van der Waals surface area contributed by atoms with Crippen LogP contribution in [0.15, 0.2) is 84.0 Å². The molecule has 0 amide bonds. The Morgan fingerprint density at radius 2 is 1.65 bits per heavy atom. The van der Waals surface area contributed by atoms with Crippen LogP contribution in [0.3, 0.4) is 0 Å². The highest BCUT2D eigenvalue weighted by molar-refractivity contribution is 7.90. The van der Waals surface area contributed by atoms with Gasteiger partial charge in [-0.25, -0.2) is 13.4 Å². The van der Waals surface area contributed by atoms with Gasteiger partial charge in [0.15, 0.2) is 9.84 Å². The third kappa shape index (κ3) is 4.19. The standard InChI is InChI=1S/C26H26N2O2S/c1-18(2)23-10-5-6-11-24(23)26-27-14-15-28(26)25-13-12-21(16-19(25)3)20-8-7-9-22(17-20)31(4,29)30/h5-18H,1-4H3. The lowest BCUT2D eigenvalue weighted by atomic mass is 9.96. The maximum absolute atomic E-state index is 11.9. The van der Waals surface area contributed by atoms with Crippen molar-refractivity contribution < 1.29 is 8.42 Å². The number of imidazole rings is 1. The first-order chi connectivity index (χ1) is 14.8. The van der Waals surface area contributed by atoms with Crippen LogP contribution in [-0.4, -0.2) is 24.2 Å². The summed E-state index contributed by atoms with van der Waals surface area (Å²) in [4.78, 5) is 4.99. The molecule has 3 aromatic carbocycles. The molecule has 5 heteroatoms. The Hall–Kier alpha value is -3.18. The molecule has 158 valence electrons. The van der Waals surface area contributed by atoms with Crippen molar-refractivity contribution in [3.8, 4) is 28.2 Å². The lowest BCUT2D eigenvalue weighted by molar-refractivity contribution is 0.602. The monoisotopic (exact) mass is 430 g/mol. The maximum Gasteiger partial charge on any atom is 0.175 e. The molecule has 0 saturated heterocycles. The zero-order chi connectivity index (χ0) is 22.2. The van der Waals surface area contributed by atoms with Gasteiger partial charge in [-0.15, -0.1) is 0 Å². The number of nitrogens with zero attached hydrogens (tertiary/aromatic N) is 2. The first-order valence-corrected chi connectivity index (χ1v) is 12.2. The molecule has 0 fully saturated rings. The summed E-state index contributed by atoms with van der Waals surface area (Å²) in [5.41, 5.74) is 6.40. The van der Waals surface area contributed by atoms with Crippen LogP contribution in [0.5, 0.6) is 0 Å². The second kappa shape index (κ2) is 8.16. The molecular weight excluding hydrogens is 404 g/mol. The number of hydrogen-bond acceptors (Lipinski definition) is 3. The first-order valence-electron chi connectivity index (χ1n) is 10.3. The molecule has 4 rings (SSSR count). The van der Waals surface area contributed by atoms with Gasteiger partial charge in [-0.2, -0.15) is 0 Å². The third-order valence-electron chi connectivity index (χ3n) is 5.52. The number of rotatable bonds is 5. The lowest BCUT2D eigenvalue weighted by Gasteiger charge is -2.16. The molecule has 0 aliphatic rings. The van der Waals surface area contributed by atoms with Gasteiger partial charge in [-0.05, 0) is 59.4 Å². The highest BCUT2D eigenvalue weighted by Gasteiger charge is 2.15. The quantitative estimate of drug-likeness (QED) is 0.388. The lowest BCUT2D eigenvalue weighted by Crippen LogP contribution is -2.02. The average Bonchev–Trinajstić information content (AvgIpc) is 3.22. The van der Waals surface area contributed by atoms with Crippen LogP contribution in [-0.2, 0) is 9.84 Å². The second-order valence-corrected chi connectivity index (χ2v) is 10.2. The van der Waals surface area contributed by atoms with Crippen molar-refractivity contribution >= 4 is 9.84 Å². The van der Waals surface area contributed by atoms with Gasteiger partial charge in [0, 0.05) is 24.2 Å². The van der Waals surface area contributed by atoms with E-state index in [0.29, 0.717) is 10.8 Å². The predicted molar refractivity (Wildman–Crippen MR) is 126 cm³/mol. The molecule has 31 heavy (non-hydrogen) atoms. The maximum atomic E-state index is 11.9. The van der Waals surface area contributed by atoms with Crippen LogP contribution >= 0.6 is 0 Å². The molecule has 0 aliphatic carbocycles. The van der Waals surface area contributed by atoms with Gasteiger partial charge >= 0.3 is 0 Å². The average molecular weight is 431 g/mol. The van der Waals surface area contributed by atoms with Crippen LogP contribution in [0.4, 0.5) is 0 Å². The van der Waals surface area contributed by atoms with Crippen molar-refractivity contribution in [2.45, 2.75) is 31.6 Å². The zero-order valence-electron chi connectivity index (χ0n) is 18.2. The number of hydrogen-bond donors (Lipinski definition) is 0. The Kier molecular flexibility index (Phi) is 5.54. The zero-order valence-corrected chi connectivity index (χ0v) is 19.0. The van der Waals surface area contributed by atoms with E-state index in [1.807, 2.05) is 30.6 Å². The fourth-order valence-corrected chi connectivity index (χ4v) is 4.58. The van der Waals surface area contributed by atoms with Crippen molar-refractivity contribution in [1.82, 2.24) is 9.55 Å². The third-order valence-corrected chi connectivity index (χ3v) is 6.63. The van der Waals surface area contributed by atoms with E-state index in [9.17, 15) is 8.42 Å². The van der Waals surface area contributed by atoms with Crippen molar-refractivity contribution in [1.29, 1.82) is 0 Å². The number of benzene rings is 3. The van der Waals surface area contributed by atoms with E-state index in [4.69, 9.17) is 0 Å². The molecule has 4 aromatic rings. The normalized spacial score (nSPS) is 11.8. The minimum Gasteiger partial charge on any atom is -0.300 e. The minimum absolute atomic E-state index is 0.328. The number of aryl methyl sites for hydroxylation is 1. The van der Waals surface area contributed by atoms with Gasteiger partial charge in [-0.3, -0.25) is 4.57 Å².